The van der Waals surface area contributed by atoms with Crippen LogP contribution in [0.25, 0.3) is 25.7 Å². The van der Waals surface area contributed by atoms with Crippen LogP contribution in [0.4, 0.5) is 0 Å². The maximum atomic E-state index is 3.68. The summed E-state index contributed by atoms with van der Waals surface area (Å²) in [6.07, 6.45) is 16.8. The lowest BCUT2D eigenvalue weighted by Crippen LogP contribution is -2.46. The molecule has 4 aromatic carbocycles. The van der Waals surface area contributed by atoms with Crippen LogP contribution in [0.3, 0.4) is 0 Å². The number of fused-ring (bicyclic) bond motifs is 13. The number of benzene rings is 4. The fourth-order valence-electron chi connectivity index (χ4n) is 9.26. The average molecular weight is 610 g/mol. The fraction of sp³-hybridized carbons (Fsp3) is 0.179. The van der Waals surface area contributed by atoms with Crippen molar-refractivity contribution in [2.24, 2.45) is 11.8 Å². The molecule has 0 bridgehead atoms. The lowest BCUT2D eigenvalue weighted by atomic mass is 9.55. The first-order valence-corrected chi connectivity index (χ1v) is 16.2. The van der Waals surface area contributed by atoms with Crippen molar-refractivity contribution >= 4 is 53.0 Å². The van der Waals surface area contributed by atoms with E-state index in [1.165, 1.54) is 53.6 Å². The first-order chi connectivity index (χ1) is 20.0. The summed E-state index contributed by atoms with van der Waals surface area (Å²) in [6, 6.07) is 32.5. The molecular weight excluding hydrogens is 580 g/mol. The van der Waals surface area contributed by atoms with E-state index < -0.39 is 0 Å². The number of thiophene rings is 1. The Kier molecular flexibility index (Phi) is 4.77. The van der Waals surface area contributed by atoms with Gasteiger partial charge in [0.05, 0.1) is 0 Å². The van der Waals surface area contributed by atoms with E-state index in [2.05, 4.69) is 157 Å². The molecule has 2 heteroatoms. The molecule has 4 aliphatic rings. The maximum Gasteiger partial charge on any atom is 0.0361 e. The van der Waals surface area contributed by atoms with E-state index in [9.17, 15) is 0 Å². The van der Waals surface area contributed by atoms with Gasteiger partial charge in [0.15, 0.2) is 0 Å². The molecule has 1 spiro atoms. The second-order valence-corrected chi connectivity index (χ2v) is 14.6. The smallest absolute Gasteiger partial charge is 0.0361 e. The number of hydrogen-bond donors (Lipinski definition) is 0. The van der Waals surface area contributed by atoms with Crippen molar-refractivity contribution < 1.29 is 0 Å². The van der Waals surface area contributed by atoms with Gasteiger partial charge in [0.2, 0.25) is 0 Å². The van der Waals surface area contributed by atoms with E-state index in [1.54, 1.807) is 0 Å². The van der Waals surface area contributed by atoms with Crippen LogP contribution in [0, 0.1) is 11.8 Å². The number of hydrogen-bond acceptors (Lipinski definition) is 1. The first kappa shape index (κ1) is 24.2. The molecule has 1 aromatic heterocycles. The van der Waals surface area contributed by atoms with Gasteiger partial charge in [0.25, 0.3) is 0 Å². The summed E-state index contributed by atoms with van der Waals surface area (Å²) >= 11 is 5.58. The van der Waals surface area contributed by atoms with Gasteiger partial charge in [-0.1, -0.05) is 133 Å². The van der Waals surface area contributed by atoms with Crippen molar-refractivity contribution in [1.82, 2.24) is 0 Å². The van der Waals surface area contributed by atoms with Crippen molar-refractivity contribution in [3.05, 3.63) is 160 Å². The van der Waals surface area contributed by atoms with E-state index in [0.29, 0.717) is 11.8 Å². The van der Waals surface area contributed by atoms with Crippen LogP contribution in [-0.4, -0.2) is 0 Å². The first-order valence-electron chi connectivity index (χ1n) is 14.5. The molecule has 0 radical (unpaired) electrons. The van der Waals surface area contributed by atoms with Crippen molar-refractivity contribution in [1.29, 1.82) is 0 Å². The van der Waals surface area contributed by atoms with Gasteiger partial charge in [-0.25, -0.2) is 0 Å². The molecule has 198 valence electrons. The van der Waals surface area contributed by atoms with Gasteiger partial charge in [-0.05, 0) is 57.7 Å². The zero-order valence-corrected chi connectivity index (χ0v) is 25.5. The molecule has 4 aliphatic carbocycles. The Bertz CT molecular complexity index is 2070. The summed E-state index contributed by atoms with van der Waals surface area (Å²) in [4.78, 5) is 0. The van der Waals surface area contributed by atoms with Crippen molar-refractivity contribution in [2.45, 2.75) is 30.1 Å². The van der Waals surface area contributed by atoms with Crippen molar-refractivity contribution in [3.63, 3.8) is 0 Å². The highest BCUT2D eigenvalue weighted by molar-refractivity contribution is 9.10. The minimum atomic E-state index is -0.161. The van der Waals surface area contributed by atoms with Gasteiger partial charge in [-0.2, -0.15) is 0 Å². The van der Waals surface area contributed by atoms with Crippen LogP contribution in [0.15, 0.2) is 132 Å². The number of allylic oxidation sites excluding steroid dienone is 8. The van der Waals surface area contributed by atoms with E-state index in [-0.39, 0.29) is 16.2 Å². The van der Waals surface area contributed by atoms with Gasteiger partial charge >= 0.3 is 0 Å². The summed E-state index contributed by atoms with van der Waals surface area (Å²) in [5, 5.41) is 2.67. The minimum absolute atomic E-state index is 0.0386. The molecule has 5 aromatic rings. The molecule has 0 aliphatic heterocycles. The Morgan fingerprint density at radius 1 is 0.659 bits per heavy atom. The summed E-state index contributed by atoms with van der Waals surface area (Å²) in [6.45, 7) is 4.98. The van der Waals surface area contributed by atoms with Gasteiger partial charge in [-0.3, -0.25) is 0 Å². The zero-order chi connectivity index (χ0) is 27.6. The average Bonchev–Trinajstić information content (AvgIpc) is 3.56. The standard InChI is InChI=1S/C39H29BrS/c1-37-21-8-7-15-35(37)39(31-12-5-3-10-29(31)37)32-13-6-4-11-30(32)38(2)28(14-9-16-36(38)39)24-17-19-26-27-23-25(40)18-20-33(27)41-34(26)22-24/h3-23,35-36H,1-2H3. The highest BCUT2D eigenvalue weighted by Gasteiger charge is 2.68. The third kappa shape index (κ3) is 2.81. The second-order valence-electron chi connectivity index (χ2n) is 12.6. The van der Waals surface area contributed by atoms with Crippen LogP contribution in [-0.2, 0) is 16.2 Å². The normalized spacial score (nSPS) is 30.5. The Morgan fingerprint density at radius 3 is 2.22 bits per heavy atom. The largest absolute Gasteiger partial charge is 0.135 e. The highest BCUT2D eigenvalue weighted by Crippen LogP contribution is 2.72. The van der Waals surface area contributed by atoms with Gasteiger partial charge < -0.3 is 0 Å². The lowest BCUT2D eigenvalue weighted by Gasteiger charge is -2.47. The van der Waals surface area contributed by atoms with Crippen molar-refractivity contribution in [3.8, 4) is 0 Å². The molecule has 0 nitrogen and oxygen atoms in total. The molecule has 0 amide bonds. The summed E-state index contributed by atoms with van der Waals surface area (Å²) in [5.41, 5.74) is 8.38. The third-order valence-corrected chi connectivity index (χ3v) is 12.5. The molecule has 9 rings (SSSR count). The molecule has 0 saturated carbocycles. The van der Waals surface area contributed by atoms with Gasteiger partial charge in [-0.15, -0.1) is 11.3 Å². The van der Waals surface area contributed by atoms with E-state index >= 15 is 0 Å². The lowest BCUT2D eigenvalue weighted by molar-refractivity contribution is 0.241. The Hall–Kier alpha value is -3.46. The van der Waals surface area contributed by atoms with E-state index in [1.807, 2.05) is 11.3 Å². The molecule has 0 fully saturated rings. The topological polar surface area (TPSA) is 0 Å². The molecule has 41 heavy (non-hydrogen) atoms. The van der Waals surface area contributed by atoms with Gasteiger partial charge in [0, 0.05) is 52.7 Å². The van der Waals surface area contributed by atoms with Crippen LogP contribution in [0.5, 0.6) is 0 Å². The zero-order valence-electron chi connectivity index (χ0n) is 23.1. The van der Waals surface area contributed by atoms with E-state index in [4.69, 9.17) is 0 Å². The predicted molar refractivity (Wildman–Crippen MR) is 178 cm³/mol. The summed E-state index contributed by atoms with van der Waals surface area (Å²) in [7, 11) is 0. The Labute approximate surface area is 253 Å². The van der Waals surface area contributed by atoms with Crippen LogP contribution < -0.4 is 0 Å². The molecule has 5 unspecified atom stereocenters. The number of rotatable bonds is 1. The SMILES string of the molecule is CC12C=CC=CC1C1(c3ccccc32)c2ccccc2C2(C)C(c3ccc4c(c3)sc3ccc(Br)cc34)=CC=CC21. The van der Waals surface area contributed by atoms with E-state index in [0.717, 1.165) is 4.47 Å². The predicted octanol–water partition coefficient (Wildman–Crippen LogP) is 10.7. The van der Waals surface area contributed by atoms with Crippen LogP contribution in [0.1, 0.15) is 41.7 Å². The highest BCUT2D eigenvalue weighted by atomic mass is 79.9. The Balaban J connectivity index is 1.30. The van der Waals surface area contributed by atoms with Crippen LogP contribution in [0.2, 0.25) is 0 Å². The monoisotopic (exact) mass is 608 g/mol. The molecule has 1 heterocycles. The Morgan fingerprint density at radius 2 is 1.39 bits per heavy atom. The number of halogens is 1. The maximum absolute atomic E-state index is 3.68. The molecular formula is C39H29BrS. The quantitative estimate of drug-likeness (QED) is 0.177. The van der Waals surface area contributed by atoms with Crippen molar-refractivity contribution in [2.75, 3.05) is 0 Å². The summed E-state index contributed by atoms with van der Waals surface area (Å²) < 4.78 is 3.82. The van der Waals surface area contributed by atoms with Gasteiger partial charge in [0.1, 0.15) is 0 Å². The third-order valence-electron chi connectivity index (χ3n) is 10.9. The molecule has 0 saturated heterocycles. The van der Waals surface area contributed by atoms with Crippen LogP contribution >= 0.6 is 27.3 Å². The molecule has 5 atom stereocenters. The minimum Gasteiger partial charge on any atom is -0.135 e. The fourth-order valence-corrected chi connectivity index (χ4v) is 10.8. The summed E-state index contributed by atoms with van der Waals surface area (Å²) in [5.74, 6) is 0.642. The second kappa shape index (κ2) is 8.09. The molecule has 0 N–H and O–H groups in total.